The van der Waals surface area contributed by atoms with Crippen LogP contribution in [-0.2, 0) is 0 Å². The minimum Gasteiger partial charge on any atom is -0.348 e. The SMILES string of the molecule is O=C(/C=C(/N1[C@H](c2ccccc2)[C@@H]1c1ccccc1)C(F)(F)F)c1ccccc1. The highest BCUT2D eigenvalue weighted by Crippen LogP contribution is 2.59. The van der Waals surface area contributed by atoms with Gasteiger partial charge in [-0.25, -0.2) is 0 Å². The highest BCUT2D eigenvalue weighted by Gasteiger charge is 2.56. The normalized spacial score (nSPS) is 19.1. The molecule has 0 aromatic heterocycles. The molecule has 2 atom stereocenters. The zero-order valence-corrected chi connectivity index (χ0v) is 15.4. The summed E-state index contributed by atoms with van der Waals surface area (Å²) in [4.78, 5) is 13.8. The van der Waals surface area contributed by atoms with Crippen LogP contribution in [0.3, 0.4) is 0 Å². The van der Waals surface area contributed by atoms with Gasteiger partial charge in [-0.1, -0.05) is 91.0 Å². The lowest BCUT2D eigenvalue weighted by molar-refractivity contribution is -0.105. The van der Waals surface area contributed by atoms with Gasteiger partial charge in [0.2, 0.25) is 0 Å². The van der Waals surface area contributed by atoms with Crippen LogP contribution in [0.25, 0.3) is 0 Å². The monoisotopic (exact) mass is 393 g/mol. The minimum absolute atomic E-state index is 0.226. The van der Waals surface area contributed by atoms with Gasteiger partial charge in [-0.3, -0.25) is 4.79 Å². The van der Waals surface area contributed by atoms with Gasteiger partial charge in [0.25, 0.3) is 0 Å². The summed E-state index contributed by atoms with van der Waals surface area (Å²) in [7, 11) is 0. The van der Waals surface area contributed by atoms with E-state index in [0.717, 1.165) is 11.1 Å². The summed E-state index contributed by atoms with van der Waals surface area (Å²) >= 11 is 0. The number of ketones is 1. The Morgan fingerprint density at radius 1 is 0.724 bits per heavy atom. The second kappa shape index (κ2) is 7.59. The van der Waals surface area contributed by atoms with Gasteiger partial charge in [0, 0.05) is 11.6 Å². The number of nitrogens with zero attached hydrogens (tertiary/aromatic N) is 1. The Balaban J connectivity index is 1.76. The first-order valence-electron chi connectivity index (χ1n) is 9.23. The van der Waals surface area contributed by atoms with Gasteiger partial charge < -0.3 is 4.90 Å². The molecule has 0 spiro atoms. The maximum atomic E-state index is 14.0. The van der Waals surface area contributed by atoms with Crippen LogP contribution in [-0.4, -0.2) is 16.9 Å². The van der Waals surface area contributed by atoms with Gasteiger partial charge >= 0.3 is 6.18 Å². The van der Waals surface area contributed by atoms with Crippen molar-refractivity contribution in [1.29, 1.82) is 0 Å². The summed E-state index contributed by atoms with van der Waals surface area (Å²) in [5.41, 5.74) is 0.866. The zero-order valence-electron chi connectivity index (χ0n) is 15.4. The van der Waals surface area contributed by atoms with E-state index in [0.29, 0.717) is 6.08 Å². The highest BCUT2D eigenvalue weighted by molar-refractivity contribution is 6.05. The molecule has 1 aliphatic heterocycles. The van der Waals surface area contributed by atoms with Gasteiger partial charge in [0.05, 0.1) is 12.1 Å². The molecule has 2 nitrogen and oxygen atoms in total. The standard InChI is InChI=1S/C24H18F3NO/c25-24(26,27)21(16-20(29)17-10-4-1-5-11-17)28-22(18-12-6-2-7-13-18)23(28)19-14-8-3-9-15-19/h1-16,22-23H/b21-16+/t22-,23+,28?. The maximum absolute atomic E-state index is 14.0. The van der Waals surface area contributed by atoms with E-state index in [-0.39, 0.29) is 5.56 Å². The van der Waals surface area contributed by atoms with Crippen molar-refractivity contribution in [2.45, 2.75) is 18.3 Å². The van der Waals surface area contributed by atoms with Crippen molar-refractivity contribution in [3.05, 3.63) is 119 Å². The van der Waals surface area contributed by atoms with Gasteiger partial charge in [-0.2, -0.15) is 13.2 Å². The van der Waals surface area contributed by atoms with Crippen LogP contribution in [0.4, 0.5) is 13.2 Å². The van der Waals surface area contributed by atoms with Crippen LogP contribution in [0.2, 0.25) is 0 Å². The number of carbonyl (C=O) groups is 1. The lowest BCUT2D eigenvalue weighted by atomic mass is 10.0. The summed E-state index contributed by atoms with van der Waals surface area (Å²) in [5, 5.41) is 0. The van der Waals surface area contributed by atoms with E-state index in [1.165, 1.54) is 17.0 Å². The Hall–Kier alpha value is -3.34. The fourth-order valence-electron chi connectivity index (χ4n) is 3.63. The molecule has 0 amide bonds. The lowest BCUT2D eigenvalue weighted by Gasteiger charge is -2.15. The minimum atomic E-state index is -4.65. The van der Waals surface area contributed by atoms with E-state index < -0.39 is 29.7 Å². The smallest absolute Gasteiger partial charge is 0.348 e. The third-order valence-electron chi connectivity index (χ3n) is 4.99. The molecular formula is C24H18F3NO. The fourth-order valence-corrected chi connectivity index (χ4v) is 3.63. The molecule has 0 N–H and O–H groups in total. The third-order valence-corrected chi connectivity index (χ3v) is 4.99. The van der Waals surface area contributed by atoms with E-state index in [2.05, 4.69) is 0 Å². The van der Waals surface area contributed by atoms with Crippen LogP contribution in [0.1, 0.15) is 33.6 Å². The molecule has 1 fully saturated rings. The Bertz CT molecular complexity index is 969. The number of benzene rings is 3. The van der Waals surface area contributed by atoms with Crippen LogP contribution in [0.15, 0.2) is 103 Å². The van der Waals surface area contributed by atoms with E-state index >= 15 is 0 Å². The number of rotatable bonds is 5. The summed E-state index contributed by atoms with van der Waals surface area (Å²) in [5.74, 6) is -0.663. The first-order valence-corrected chi connectivity index (χ1v) is 9.23. The molecule has 0 aliphatic carbocycles. The summed E-state index contributed by atoms with van der Waals surface area (Å²) in [6, 6.07) is 25.2. The molecular weight excluding hydrogens is 375 g/mol. The largest absolute Gasteiger partial charge is 0.431 e. The van der Waals surface area contributed by atoms with E-state index in [9.17, 15) is 18.0 Å². The molecule has 29 heavy (non-hydrogen) atoms. The Labute approximate surface area is 166 Å². The van der Waals surface area contributed by atoms with Gasteiger partial charge in [-0.15, -0.1) is 0 Å². The molecule has 3 aromatic rings. The van der Waals surface area contributed by atoms with Crippen molar-refractivity contribution < 1.29 is 18.0 Å². The van der Waals surface area contributed by atoms with Crippen molar-refractivity contribution in [1.82, 2.24) is 4.90 Å². The average molecular weight is 393 g/mol. The molecule has 146 valence electrons. The topological polar surface area (TPSA) is 20.1 Å². The molecule has 1 saturated heterocycles. The molecule has 0 saturated carbocycles. The number of alkyl halides is 3. The van der Waals surface area contributed by atoms with Crippen molar-refractivity contribution in [2.24, 2.45) is 0 Å². The van der Waals surface area contributed by atoms with Gasteiger partial charge in [0.15, 0.2) is 5.78 Å². The van der Waals surface area contributed by atoms with Crippen molar-refractivity contribution in [3.63, 3.8) is 0 Å². The molecule has 5 heteroatoms. The molecule has 3 aromatic carbocycles. The second-order valence-electron chi connectivity index (χ2n) is 6.88. The lowest BCUT2D eigenvalue weighted by Crippen LogP contribution is -2.21. The Morgan fingerprint density at radius 3 is 1.55 bits per heavy atom. The van der Waals surface area contributed by atoms with Gasteiger partial charge in [-0.05, 0) is 11.1 Å². The van der Waals surface area contributed by atoms with Crippen LogP contribution in [0, 0.1) is 0 Å². The fraction of sp³-hybridized carbons (Fsp3) is 0.125. The van der Waals surface area contributed by atoms with Crippen molar-refractivity contribution in [3.8, 4) is 0 Å². The van der Waals surface area contributed by atoms with E-state index in [1.54, 1.807) is 42.5 Å². The predicted molar refractivity (Wildman–Crippen MR) is 105 cm³/mol. The highest BCUT2D eigenvalue weighted by atomic mass is 19.4. The summed E-state index contributed by atoms with van der Waals surface area (Å²) in [6.07, 6.45) is -3.94. The van der Waals surface area contributed by atoms with Crippen LogP contribution in [0.5, 0.6) is 0 Å². The Morgan fingerprint density at radius 2 is 1.14 bits per heavy atom. The molecule has 0 bridgehead atoms. The van der Waals surface area contributed by atoms with Gasteiger partial charge in [0.1, 0.15) is 5.70 Å². The molecule has 0 radical (unpaired) electrons. The number of carbonyl (C=O) groups excluding carboxylic acids is 1. The number of allylic oxidation sites excluding steroid dienone is 2. The third kappa shape index (κ3) is 3.94. The number of hydrogen-bond donors (Lipinski definition) is 0. The second-order valence-corrected chi connectivity index (χ2v) is 6.88. The van der Waals surface area contributed by atoms with Crippen molar-refractivity contribution in [2.75, 3.05) is 0 Å². The van der Waals surface area contributed by atoms with Crippen molar-refractivity contribution >= 4 is 5.78 Å². The molecule has 0 unspecified atom stereocenters. The zero-order chi connectivity index (χ0) is 20.4. The predicted octanol–water partition coefficient (Wildman–Crippen LogP) is 6.11. The first-order chi connectivity index (χ1) is 14.0. The summed E-state index contributed by atoms with van der Waals surface area (Å²) in [6.45, 7) is 0. The van der Waals surface area contributed by atoms with Crippen LogP contribution < -0.4 is 0 Å². The Kier molecular flexibility index (Phi) is 4.97. The number of hydrogen-bond acceptors (Lipinski definition) is 2. The van der Waals surface area contributed by atoms with E-state index in [4.69, 9.17) is 0 Å². The quantitative estimate of drug-likeness (QED) is 0.296. The van der Waals surface area contributed by atoms with Crippen LogP contribution >= 0.6 is 0 Å². The summed E-state index contributed by atoms with van der Waals surface area (Å²) < 4.78 is 42.0. The van der Waals surface area contributed by atoms with E-state index in [1.807, 2.05) is 36.4 Å². The first kappa shape index (κ1) is 19.0. The molecule has 4 rings (SSSR count). The maximum Gasteiger partial charge on any atom is 0.431 e. The molecule has 1 aliphatic rings. The molecule has 1 heterocycles. The average Bonchev–Trinajstić information content (AvgIpc) is 3.48. The number of halogens is 3.